The molecule has 24 heavy (non-hydrogen) atoms. The van der Waals surface area contributed by atoms with Crippen LogP contribution < -0.4 is 15.4 Å². The molecule has 0 radical (unpaired) electrons. The second-order valence-corrected chi connectivity index (χ2v) is 5.96. The molecule has 2 N–H and O–H groups in total. The second kappa shape index (κ2) is 8.91. The number of nitrogens with one attached hydrogen (secondary N) is 2. The normalized spacial score (nSPS) is 10.5. The molecule has 2 aromatic carbocycles. The van der Waals surface area contributed by atoms with Gasteiger partial charge in [-0.05, 0) is 60.9 Å². The highest BCUT2D eigenvalue weighted by atomic mass is 19.1. The number of ether oxygens (including phenoxy) is 1. The van der Waals surface area contributed by atoms with Crippen LogP contribution in [0.5, 0.6) is 5.75 Å². The molecule has 0 aliphatic rings. The summed E-state index contributed by atoms with van der Waals surface area (Å²) in [6.45, 7) is 5.10. The molecule has 0 atom stereocenters. The van der Waals surface area contributed by atoms with Gasteiger partial charge >= 0.3 is 0 Å². The molecule has 0 saturated heterocycles. The molecule has 4 nitrogen and oxygen atoms in total. The van der Waals surface area contributed by atoms with Crippen LogP contribution in [0.25, 0.3) is 0 Å². The zero-order valence-corrected chi connectivity index (χ0v) is 14.0. The van der Waals surface area contributed by atoms with Gasteiger partial charge < -0.3 is 15.4 Å². The highest BCUT2D eigenvalue weighted by molar-refractivity contribution is 5.93. The van der Waals surface area contributed by atoms with Crippen molar-refractivity contribution in [3.8, 4) is 5.75 Å². The predicted molar refractivity (Wildman–Crippen MR) is 94.9 cm³/mol. The van der Waals surface area contributed by atoms with E-state index < -0.39 is 0 Å². The lowest BCUT2D eigenvalue weighted by Crippen LogP contribution is -2.21. The van der Waals surface area contributed by atoms with E-state index in [9.17, 15) is 9.18 Å². The summed E-state index contributed by atoms with van der Waals surface area (Å²) in [6, 6.07) is 13.2. The van der Waals surface area contributed by atoms with Crippen LogP contribution in [-0.4, -0.2) is 19.1 Å². The van der Waals surface area contributed by atoms with Crippen molar-refractivity contribution in [3.63, 3.8) is 0 Å². The van der Waals surface area contributed by atoms with Crippen LogP contribution in [0.2, 0.25) is 0 Å². The van der Waals surface area contributed by atoms with E-state index in [-0.39, 0.29) is 18.3 Å². The molecule has 0 aliphatic heterocycles. The predicted octanol–water partition coefficient (Wildman–Crippen LogP) is 4.30. The molecule has 128 valence electrons. The number of amides is 1. The van der Waals surface area contributed by atoms with E-state index in [1.807, 2.05) is 12.1 Å². The summed E-state index contributed by atoms with van der Waals surface area (Å²) in [6.07, 6.45) is 1.01. The Kier molecular flexibility index (Phi) is 6.61. The van der Waals surface area contributed by atoms with Crippen molar-refractivity contribution in [1.29, 1.82) is 0 Å². The van der Waals surface area contributed by atoms with Crippen molar-refractivity contribution < 1.29 is 13.9 Å². The summed E-state index contributed by atoms with van der Waals surface area (Å²) in [5, 5.41) is 5.73. The number of carbonyl (C=O) groups is 1. The van der Waals surface area contributed by atoms with Gasteiger partial charge in [-0.15, -0.1) is 0 Å². The first-order valence-electron chi connectivity index (χ1n) is 8.05. The lowest BCUT2D eigenvalue weighted by Gasteiger charge is -2.10. The van der Waals surface area contributed by atoms with E-state index in [0.717, 1.165) is 12.2 Å². The van der Waals surface area contributed by atoms with Gasteiger partial charge in [-0.25, -0.2) is 4.39 Å². The van der Waals surface area contributed by atoms with Crippen LogP contribution in [0.3, 0.4) is 0 Å². The molecule has 2 aromatic rings. The summed E-state index contributed by atoms with van der Waals surface area (Å²) in [5.41, 5.74) is 1.40. The van der Waals surface area contributed by atoms with E-state index in [4.69, 9.17) is 4.74 Å². The van der Waals surface area contributed by atoms with Gasteiger partial charge in [-0.2, -0.15) is 0 Å². The Bertz CT molecular complexity index is 639. The third kappa shape index (κ3) is 6.28. The maximum absolute atomic E-state index is 12.8. The molecule has 0 saturated carbocycles. The molecule has 0 spiro atoms. The lowest BCUT2D eigenvalue weighted by atomic mass is 10.1. The van der Waals surface area contributed by atoms with E-state index in [0.29, 0.717) is 23.9 Å². The Morgan fingerprint density at radius 3 is 2.29 bits per heavy atom. The van der Waals surface area contributed by atoms with Crippen LogP contribution in [0.1, 0.15) is 20.3 Å². The molecule has 0 heterocycles. The standard InChI is InChI=1S/C19H23FN2O2/c1-14(2)11-12-24-18-9-7-17(8-10-18)22-19(23)13-21-16-5-3-15(20)4-6-16/h3-10,14,21H,11-13H2,1-2H3,(H,22,23). The van der Waals surface area contributed by atoms with Crippen molar-refractivity contribution in [2.75, 3.05) is 23.8 Å². The quantitative estimate of drug-likeness (QED) is 0.758. The highest BCUT2D eigenvalue weighted by Gasteiger charge is 2.03. The summed E-state index contributed by atoms with van der Waals surface area (Å²) < 4.78 is 18.4. The SMILES string of the molecule is CC(C)CCOc1ccc(NC(=O)CNc2ccc(F)cc2)cc1. The summed E-state index contributed by atoms with van der Waals surface area (Å²) in [5.74, 6) is 0.920. The molecule has 1 amide bonds. The van der Waals surface area contributed by atoms with Crippen molar-refractivity contribution >= 4 is 17.3 Å². The van der Waals surface area contributed by atoms with E-state index in [1.54, 1.807) is 24.3 Å². The third-order valence-electron chi connectivity index (χ3n) is 3.40. The molecule has 0 unspecified atom stereocenters. The second-order valence-electron chi connectivity index (χ2n) is 5.96. The molecule has 0 bridgehead atoms. The first-order chi connectivity index (χ1) is 11.5. The van der Waals surface area contributed by atoms with E-state index in [1.165, 1.54) is 12.1 Å². The number of rotatable bonds is 8. The molecule has 0 aromatic heterocycles. The maximum Gasteiger partial charge on any atom is 0.243 e. The molecule has 0 aliphatic carbocycles. The van der Waals surface area contributed by atoms with Crippen molar-refractivity contribution in [3.05, 3.63) is 54.3 Å². The van der Waals surface area contributed by atoms with Gasteiger partial charge in [-0.1, -0.05) is 13.8 Å². The molecular weight excluding hydrogens is 307 g/mol. The Labute approximate surface area is 142 Å². The number of carbonyl (C=O) groups excluding carboxylic acids is 1. The van der Waals surface area contributed by atoms with Gasteiger partial charge in [0.1, 0.15) is 11.6 Å². The zero-order chi connectivity index (χ0) is 17.4. The van der Waals surface area contributed by atoms with Crippen molar-refractivity contribution in [2.45, 2.75) is 20.3 Å². The van der Waals surface area contributed by atoms with Gasteiger partial charge in [-0.3, -0.25) is 4.79 Å². The van der Waals surface area contributed by atoms with Gasteiger partial charge in [0.05, 0.1) is 13.2 Å². The number of anilines is 2. The lowest BCUT2D eigenvalue weighted by molar-refractivity contribution is -0.114. The fourth-order valence-corrected chi connectivity index (χ4v) is 2.00. The minimum atomic E-state index is -0.305. The Hall–Kier alpha value is -2.56. The summed E-state index contributed by atoms with van der Waals surface area (Å²) in [7, 11) is 0. The van der Waals surface area contributed by atoms with Gasteiger partial charge in [0, 0.05) is 11.4 Å². The summed E-state index contributed by atoms with van der Waals surface area (Å²) in [4.78, 5) is 11.9. The first kappa shape index (κ1) is 17.8. The van der Waals surface area contributed by atoms with Crippen LogP contribution in [0.4, 0.5) is 15.8 Å². The van der Waals surface area contributed by atoms with Crippen LogP contribution >= 0.6 is 0 Å². The van der Waals surface area contributed by atoms with Crippen LogP contribution in [0.15, 0.2) is 48.5 Å². The van der Waals surface area contributed by atoms with Gasteiger partial charge in [0.2, 0.25) is 5.91 Å². The van der Waals surface area contributed by atoms with Crippen molar-refractivity contribution in [2.24, 2.45) is 5.92 Å². The molecule has 0 fully saturated rings. The minimum absolute atomic E-state index is 0.109. The minimum Gasteiger partial charge on any atom is -0.494 e. The largest absolute Gasteiger partial charge is 0.494 e. The average molecular weight is 330 g/mol. The molecule has 2 rings (SSSR count). The molecule has 5 heteroatoms. The number of halogens is 1. The highest BCUT2D eigenvalue weighted by Crippen LogP contribution is 2.16. The van der Waals surface area contributed by atoms with Gasteiger partial charge in [0.25, 0.3) is 0 Å². The van der Waals surface area contributed by atoms with E-state index >= 15 is 0 Å². The van der Waals surface area contributed by atoms with Gasteiger partial charge in [0.15, 0.2) is 0 Å². The zero-order valence-electron chi connectivity index (χ0n) is 14.0. The van der Waals surface area contributed by atoms with Crippen LogP contribution in [0, 0.1) is 11.7 Å². The van der Waals surface area contributed by atoms with E-state index in [2.05, 4.69) is 24.5 Å². The fraction of sp³-hybridized carbons (Fsp3) is 0.316. The monoisotopic (exact) mass is 330 g/mol. The number of hydrogen-bond donors (Lipinski definition) is 2. The Morgan fingerprint density at radius 2 is 1.67 bits per heavy atom. The number of benzene rings is 2. The number of hydrogen-bond acceptors (Lipinski definition) is 3. The molecular formula is C19H23FN2O2. The summed E-state index contributed by atoms with van der Waals surface area (Å²) >= 11 is 0. The maximum atomic E-state index is 12.8. The third-order valence-corrected chi connectivity index (χ3v) is 3.40. The first-order valence-corrected chi connectivity index (χ1v) is 8.05. The van der Waals surface area contributed by atoms with Crippen LogP contribution in [-0.2, 0) is 4.79 Å². The average Bonchev–Trinajstić information content (AvgIpc) is 2.56. The smallest absolute Gasteiger partial charge is 0.243 e. The van der Waals surface area contributed by atoms with Crippen molar-refractivity contribution in [1.82, 2.24) is 0 Å². The fourth-order valence-electron chi connectivity index (χ4n) is 2.00. The topological polar surface area (TPSA) is 50.4 Å². The Morgan fingerprint density at radius 1 is 1.04 bits per heavy atom. The Balaban J connectivity index is 1.76.